The summed E-state index contributed by atoms with van der Waals surface area (Å²) in [4.78, 5) is 26.6. The average molecular weight is 381 g/mol. The van der Waals surface area contributed by atoms with Crippen molar-refractivity contribution in [3.05, 3.63) is 60.7 Å². The quantitative estimate of drug-likeness (QED) is 0.721. The van der Waals surface area contributed by atoms with E-state index in [1.165, 1.54) is 0 Å². The van der Waals surface area contributed by atoms with Crippen LogP contribution in [0.2, 0.25) is 0 Å². The molecule has 1 heterocycles. The van der Waals surface area contributed by atoms with Gasteiger partial charge in [-0.1, -0.05) is 36.4 Å². The zero-order chi connectivity index (χ0) is 19.6. The maximum absolute atomic E-state index is 12.5. The summed E-state index contributed by atoms with van der Waals surface area (Å²) < 4.78 is 5.62. The number of urea groups is 1. The van der Waals surface area contributed by atoms with Crippen molar-refractivity contribution in [1.29, 1.82) is 0 Å². The van der Waals surface area contributed by atoms with Crippen LogP contribution in [0.25, 0.3) is 0 Å². The normalized spacial score (nSPS) is 16.3. The van der Waals surface area contributed by atoms with E-state index in [9.17, 15) is 9.59 Å². The van der Waals surface area contributed by atoms with E-state index in [1.54, 1.807) is 4.90 Å². The number of hydrogen-bond acceptors (Lipinski definition) is 3. The maximum Gasteiger partial charge on any atom is 0.317 e. The topological polar surface area (TPSA) is 70.7 Å². The molecule has 0 bridgehead atoms. The number of hydrogen-bond donors (Lipinski definition) is 2. The number of rotatable bonds is 7. The third-order valence-corrected chi connectivity index (χ3v) is 4.73. The van der Waals surface area contributed by atoms with Crippen molar-refractivity contribution >= 4 is 17.6 Å². The minimum absolute atomic E-state index is 0.0278. The molecule has 1 aliphatic rings. The number of piperidine rings is 1. The summed E-state index contributed by atoms with van der Waals surface area (Å²) in [5.74, 6) is 0.623. The number of benzene rings is 2. The van der Waals surface area contributed by atoms with E-state index in [0.717, 1.165) is 30.7 Å². The van der Waals surface area contributed by atoms with Crippen molar-refractivity contribution < 1.29 is 14.3 Å². The lowest BCUT2D eigenvalue weighted by Gasteiger charge is -2.32. The predicted octanol–water partition coefficient (Wildman–Crippen LogP) is 3.52. The lowest BCUT2D eigenvalue weighted by molar-refractivity contribution is -0.121. The van der Waals surface area contributed by atoms with Crippen molar-refractivity contribution in [3.8, 4) is 5.75 Å². The van der Waals surface area contributed by atoms with Crippen LogP contribution in [-0.2, 0) is 4.79 Å². The molecule has 6 nitrogen and oxygen atoms in total. The van der Waals surface area contributed by atoms with Crippen molar-refractivity contribution in [3.63, 3.8) is 0 Å². The molecule has 3 rings (SSSR count). The molecule has 3 amide bonds. The van der Waals surface area contributed by atoms with Gasteiger partial charge in [-0.15, -0.1) is 0 Å². The molecule has 0 unspecified atom stereocenters. The fraction of sp³-hybridized carbons (Fsp3) is 0.364. The standard InChI is InChI=1S/C22H27N3O3/c26-21(24-19-10-3-1-4-11-19)18-9-7-15-25(17-18)22(27)23-14-8-16-28-20-12-5-2-6-13-20/h1-6,10-13,18H,7-9,14-17H2,(H,23,27)(H,24,26)/t18-/m0/s1. The summed E-state index contributed by atoms with van der Waals surface area (Å²) in [6.07, 6.45) is 2.36. The molecule has 1 aliphatic heterocycles. The Labute approximate surface area is 165 Å². The Balaban J connectivity index is 1.37. The van der Waals surface area contributed by atoms with E-state index in [1.807, 2.05) is 60.7 Å². The third-order valence-electron chi connectivity index (χ3n) is 4.73. The first-order valence-electron chi connectivity index (χ1n) is 9.79. The first kappa shape index (κ1) is 19.7. The van der Waals surface area contributed by atoms with Gasteiger partial charge < -0.3 is 20.3 Å². The number of nitrogens with zero attached hydrogens (tertiary/aromatic N) is 1. The molecule has 1 atom stereocenters. The SMILES string of the molecule is O=C(Nc1ccccc1)[C@H]1CCCN(C(=O)NCCCOc2ccccc2)C1. The van der Waals surface area contributed by atoms with Crippen LogP contribution in [0, 0.1) is 5.92 Å². The van der Waals surface area contributed by atoms with Gasteiger partial charge in [0.25, 0.3) is 0 Å². The maximum atomic E-state index is 12.5. The van der Waals surface area contributed by atoms with Gasteiger partial charge in [-0.25, -0.2) is 4.79 Å². The summed E-state index contributed by atoms with van der Waals surface area (Å²) in [7, 11) is 0. The Hall–Kier alpha value is -3.02. The highest BCUT2D eigenvalue weighted by molar-refractivity contribution is 5.93. The fourth-order valence-electron chi connectivity index (χ4n) is 3.23. The van der Waals surface area contributed by atoms with Gasteiger partial charge >= 0.3 is 6.03 Å². The van der Waals surface area contributed by atoms with Gasteiger partial charge in [0.05, 0.1) is 12.5 Å². The largest absolute Gasteiger partial charge is 0.494 e. The van der Waals surface area contributed by atoms with E-state index in [-0.39, 0.29) is 17.9 Å². The van der Waals surface area contributed by atoms with E-state index in [4.69, 9.17) is 4.74 Å². The fourth-order valence-corrected chi connectivity index (χ4v) is 3.23. The predicted molar refractivity (Wildman–Crippen MR) is 109 cm³/mol. The van der Waals surface area contributed by atoms with E-state index in [0.29, 0.717) is 26.2 Å². The molecule has 0 radical (unpaired) electrons. The number of likely N-dealkylation sites (tertiary alicyclic amines) is 1. The molecule has 28 heavy (non-hydrogen) atoms. The van der Waals surface area contributed by atoms with Crippen LogP contribution < -0.4 is 15.4 Å². The Bertz CT molecular complexity index is 752. The molecule has 148 valence electrons. The molecule has 6 heteroatoms. The van der Waals surface area contributed by atoms with Crippen molar-refractivity contribution in [2.24, 2.45) is 5.92 Å². The van der Waals surface area contributed by atoms with Crippen molar-refractivity contribution in [2.45, 2.75) is 19.3 Å². The number of carbonyl (C=O) groups is 2. The molecule has 0 aromatic heterocycles. The molecular formula is C22H27N3O3. The molecular weight excluding hydrogens is 354 g/mol. The van der Waals surface area contributed by atoms with Crippen LogP contribution in [0.15, 0.2) is 60.7 Å². The van der Waals surface area contributed by atoms with Crippen LogP contribution in [0.1, 0.15) is 19.3 Å². The molecule has 0 spiro atoms. The van der Waals surface area contributed by atoms with E-state index < -0.39 is 0 Å². The second-order valence-electron chi connectivity index (χ2n) is 6.89. The number of anilines is 1. The zero-order valence-electron chi connectivity index (χ0n) is 16.0. The molecule has 0 aliphatic carbocycles. The van der Waals surface area contributed by atoms with Gasteiger partial charge in [0.1, 0.15) is 5.75 Å². The smallest absolute Gasteiger partial charge is 0.317 e. The van der Waals surface area contributed by atoms with E-state index in [2.05, 4.69) is 10.6 Å². The van der Waals surface area contributed by atoms with Gasteiger partial charge in [-0.2, -0.15) is 0 Å². The summed E-state index contributed by atoms with van der Waals surface area (Å²) in [6.45, 7) is 2.22. The number of para-hydroxylation sites is 2. The van der Waals surface area contributed by atoms with Gasteiger partial charge in [0, 0.05) is 25.3 Å². The monoisotopic (exact) mass is 381 g/mol. The summed E-state index contributed by atoms with van der Waals surface area (Å²) in [5.41, 5.74) is 0.785. The van der Waals surface area contributed by atoms with Crippen LogP contribution in [0.5, 0.6) is 5.75 Å². The van der Waals surface area contributed by atoms with Crippen molar-refractivity contribution in [1.82, 2.24) is 10.2 Å². The second-order valence-corrected chi connectivity index (χ2v) is 6.89. The van der Waals surface area contributed by atoms with Crippen LogP contribution in [0.3, 0.4) is 0 Å². The molecule has 2 aromatic rings. The summed E-state index contributed by atoms with van der Waals surface area (Å²) >= 11 is 0. The minimum atomic E-state index is -0.180. The zero-order valence-corrected chi connectivity index (χ0v) is 16.0. The number of nitrogens with one attached hydrogen (secondary N) is 2. The Morgan fingerprint density at radius 3 is 2.50 bits per heavy atom. The van der Waals surface area contributed by atoms with Gasteiger partial charge in [-0.05, 0) is 43.5 Å². The minimum Gasteiger partial charge on any atom is -0.494 e. The lowest BCUT2D eigenvalue weighted by Crippen LogP contribution is -2.48. The molecule has 2 N–H and O–H groups in total. The number of carbonyl (C=O) groups excluding carboxylic acids is 2. The molecule has 0 saturated carbocycles. The van der Waals surface area contributed by atoms with Crippen molar-refractivity contribution in [2.75, 3.05) is 31.6 Å². The van der Waals surface area contributed by atoms with Crippen LogP contribution >= 0.6 is 0 Å². The average Bonchev–Trinajstić information content (AvgIpc) is 2.75. The van der Waals surface area contributed by atoms with Crippen LogP contribution in [-0.4, -0.2) is 43.1 Å². The van der Waals surface area contributed by atoms with Crippen LogP contribution in [0.4, 0.5) is 10.5 Å². The van der Waals surface area contributed by atoms with Gasteiger partial charge in [0.15, 0.2) is 0 Å². The van der Waals surface area contributed by atoms with Gasteiger partial charge in [0.2, 0.25) is 5.91 Å². The highest BCUT2D eigenvalue weighted by Crippen LogP contribution is 2.19. The molecule has 1 fully saturated rings. The summed E-state index contributed by atoms with van der Waals surface area (Å²) in [6, 6.07) is 18.9. The second kappa shape index (κ2) is 10.3. The molecule has 2 aromatic carbocycles. The highest BCUT2D eigenvalue weighted by Gasteiger charge is 2.28. The third kappa shape index (κ3) is 6.01. The Morgan fingerprint density at radius 1 is 1.04 bits per heavy atom. The van der Waals surface area contributed by atoms with Gasteiger partial charge in [-0.3, -0.25) is 4.79 Å². The molecule has 1 saturated heterocycles. The summed E-state index contributed by atoms with van der Waals surface area (Å²) in [5, 5.41) is 5.86. The Kier molecular flexibility index (Phi) is 7.29. The van der Waals surface area contributed by atoms with E-state index >= 15 is 0 Å². The lowest BCUT2D eigenvalue weighted by atomic mass is 9.97. The number of amides is 3. The first-order valence-corrected chi connectivity index (χ1v) is 9.79. The first-order chi connectivity index (χ1) is 13.7. The number of ether oxygens (including phenoxy) is 1. The highest BCUT2D eigenvalue weighted by atomic mass is 16.5. The Morgan fingerprint density at radius 2 is 1.75 bits per heavy atom.